The van der Waals surface area contributed by atoms with E-state index < -0.39 is 8.67 Å². The van der Waals surface area contributed by atoms with Gasteiger partial charge in [0.25, 0.3) is 0 Å². The van der Waals surface area contributed by atoms with Gasteiger partial charge >= 0.3 is 0 Å². The molecule has 1 saturated heterocycles. The van der Waals surface area contributed by atoms with E-state index in [0.29, 0.717) is 11.5 Å². The molecule has 0 N–H and O–H groups in total. The average molecular weight is 258 g/mol. The van der Waals surface area contributed by atoms with Crippen LogP contribution in [0.1, 0.15) is 0 Å². The molecule has 0 amide bonds. The third-order valence-electron chi connectivity index (χ3n) is 1.10. The fourth-order valence-corrected chi connectivity index (χ4v) is 4.97. The van der Waals surface area contributed by atoms with Gasteiger partial charge in [-0.15, -0.1) is 0 Å². The summed E-state index contributed by atoms with van der Waals surface area (Å²) in [5.74, 6) is 1.13. The first-order valence-electron chi connectivity index (χ1n) is 2.46. The van der Waals surface area contributed by atoms with Crippen LogP contribution in [0.4, 0.5) is 0 Å². The van der Waals surface area contributed by atoms with E-state index >= 15 is 0 Å². The number of halogens is 4. The summed E-state index contributed by atoms with van der Waals surface area (Å²) in [6.07, 6.45) is 0. The number of hydrogen-bond donors (Lipinski definition) is 0. The minimum Gasteiger partial charge on any atom is -0.0973 e. The largest absolute Gasteiger partial charge is 0.161 e. The van der Waals surface area contributed by atoms with Crippen LogP contribution >= 0.6 is 68.0 Å². The van der Waals surface area contributed by atoms with Crippen LogP contribution in [0.25, 0.3) is 0 Å². The molecule has 0 nitrogen and oxygen atoms in total. The maximum atomic E-state index is 5.83. The SMILES string of the molecule is ClC1(Cl)CSSCC1(Cl)Cl. The molecule has 0 aromatic rings. The van der Waals surface area contributed by atoms with Crippen LogP contribution in [0.3, 0.4) is 0 Å². The number of alkyl halides is 4. The lowest BCUT2D eigenvalue weighted by atomic mass is 10.3. The smallest absolute Gasteiger partial charge is 0.0973 e. The summed E-state index contributed by atoms with van der Waals surface area (Å²) in [6.45, 7) is 0. The Morgan fingerprint density at radius 3 is 1.30 bits per heavy atom. The first-order valence-corrected chi connectivity index (χ1v) is 6.46. The molecule has 1 fully saturated rings. The van der Waals surface area contributed by atoms with Crippen molar-refractivity contribution >= 4 is 68.0 Å². The summed E-state index contributed by atoms with van der Waals surface area (Å²) in [4.78, 5) is 0. The summed E-state index contributed by atoms with van der Waals surface area (Å²) in [5, 5.41) is 0. The molecule has 1 aliphatic heterocycles. The van der Waals surface area contributed by atoms with Crippen LogP contribution < -0.4 is 0 Å². The maximum absolute atomic E-state index is 5.83. The monoisotopic (exact) mass is 256 g/mol. The Labute approximate surface area is 87.7 Å². The fourth-order valence-electron chi connectivity index (χ4n) is 0.443. The lowest BCUT2D eigenvalue weighted by Crippen LogP contribution is -2.42. The van der Waals surface area contributed by atoms with Crippen LogP contribution in [0.15, 0.2) is 0 Å². The van der Waals surface area contributed by atoms with Gasteiger partial charge < -0.3 is 0 Å². The summed E-state index contributed by atoms with van der Waals surface area (Å²) < 4.78 is -2.02. The van der Waals surface area contributed by atoms with Gasteiger partial charge in [0.05, 0.1) is 0 Å². The molecule has 0 saturated carbocycles. The summed E-state index contributed by atoms with van der Waals surface area (Å²) in [5.41, 5.74) is 0. The standard InChI is InChI=1S/C4H4Cl4S2/c5-3(6)1-9-10-2-4(3,7)8/h1-2H2. The van der Waals surface area contributed by atoms with Gasteiger partial charge in [0.2, 0.25) is 0 Å². The molecule has 0 radical (unpaired) electrons. The van der Waals surface area contributed by atoms with E-state index in [2.05, 4.69) is 0 Å². The first-order chi connectivity index (χ1) is 4.46. The Morgan fingerprint density at radius 2 is 1.10 bits per heavy atom. The first kappa shape index (κ1) is 9.94. The molecule has 1 heterocycles. The molecule has 10 heavy (non-hydrogen) atoms. The maximum Gasteiger partial charge on any atom is 0.161 e. The molecular weight excluding hydrogens is 254 g/mol. The molecule has 1 aliphatic rings. The molecule has 0 unspecified atom stereocenters. The quantitative estimate of drug-likeness (QED) is 0.479. The minimum absolute atomic E-state index is 0.563. The van der Waals surface area contributed by atoms with Crippen LogP contribution in [-0.4, -0.2) is 20.2 Å². The summed E-state index contributed by atoms with van der Waals surface area (Å²) >= 11 is 23.3. The Kier molecular flexibility index (Phi) is 3.29. The molecule has 0 aromatic carbocycles. The van der Waals surface area contributed by atoms with Gasteiger partial charge in [-0.3, -0.25) is 0 Å². The molecule has 0 spiro atoms. The van der Waals surface area contributed by atoms with E-state index in [1.165, 1.54) is 0 Å². The Balaban J connectivity index is 2.70. The number of hydrogen-bond acceptors (Lipinski definition) is 2. The Bertz CT molecular complexity index is 119. The van der Waals surface area contributed by atoms with Crippen LogP contribution in [0, 0.1) is 0 Å². The molecule has 0 bridgehead atoms. The molecule has 6 heteroatoms. The van der Waals surface area contributed by atoms with Crippen molar-refractivity contribution in [2.24, 2.45) is 0 Å². The van der Waals surface area contributed by atoms with Crippen molar-refractivity contribution in [2.45, 2.75) is 8.67 Å². The highest BCUT2D eigenvalue weighted by molar-refractivity contribution is 8.76. The average Bonchev–Trinajstić information content (AvgIpc) is 1.77. The van der Waals surface area contributed by atoms with Gasteiger partial charge in [-0.25, -0.2) is 0 Å². The molecule has 0 aliphatic carbocycles. The lowest BCUT2D eigenvalue weighted by Gasteiger charge is -2.35. The lowest BCUT2D eigenvalue weighted by molar-refractivity contribution is 0.782. The van der Waals surface area contributed by atoms with Crippen molar-refractivity contribution in [3.8, 4) is 0 Å². The fraction of sp³-hybridized carbons (Fsp3) is 1.00. The van der Waals surface area contributed by atoms with E-state index in [9.17, 15) is 0 Å². The summed E-state index contributed by atoms with van der Waals surface area (Å²) in [6, 6.07) is 0. The topological polar surface area (TPSA) is 0 Å². The van der Waals surface area contributed by atoms with Crippen molar-refractivity contribution in [1.82, 2.24) is 0 Å². The van der Waals surface area contributed by atoms with Gasteiger partial charge in [-0.2, -0.15) is 0 Å². The van der Waals surface area contributed by atoms with Crippen molar-refractivity contribution < 1.29 is 0 Å². The predicted molar refractivity (Wildman–Crippen MR) is 53.8 cm³/mol. The summed E-state index contributed by atoms with van der Waals surface area (Å²) in [7, 11) is 3.18. The second-order valence-corrected chi connectivity index (χ2v) is 7.36. The third-order valence-corrected chi connectivity index (χ3v) is 6.42. The molecule has 60 valence electrons. The zero-order chi connectivity index (χ0) is 7.83. The zero-order valence-corrected chi connectivity index (χ0v) is 9.40. The van der Waals surface area contributed by atoms with Crippen LogP contribution in [-0.2, 0) is 0 Å². The molecule has 1 rings (SSSR count). The van der Waals surface area contributed by atoms with E-state index in [1.807, 2.05) is 0 Å². The Morgan fingerprint density at radius 1 is 0.800 bits per heavy atom. The second kappa shape index (κ2) is 3.31. The van der Waals surface area contributed by atoms with E-state index in [-0.39, 0.29) is 0 Å². The van der Waals surface area contributed by atoms with Gasteiger partial charge in [-0.1, -0.05) is 68.0 Å². The highest BCUT2D eigenvalue weighted by Crippen LogP contribution is 2.53. The van der Waals surface area contributed by atoms with Gasteiger partial charge in [0.1, 0.15) is 0 Å². The zero-order valence-electron chi connectivity index (χ0n) is 4.74. The van der Waals surface area contributed by atoms with Crippen molar-refractivity contribution in [1.29, 1.82) is 0 Å². The van der Waals surface area contributed by atoms with Crippen LogP contribution in [0.2, 0.25) is 0 Å². The Hall–Kier alpha value is 1.86. The predicted octanol–water partition coefficient (Wildman–Crippen LogP) is 3.73. The minimum atomic E-state index is -1.01. The third kappa shape index (κ3) is 1.96. The van der Waals surface area contributed by atoms with Crippen molar-refractivity contribution in [3.05, 3.63) is 0 Å². The second-order valence-electron chi connectivity index (χ2n) is 1.93. The number of rotatable bonds is 0. The van der Waals surface area contributed by atoms with Crippen molar-refractivity contribution in [2.75, 3.05) is 11.5 Å². The molecular formula is C4H4Cl4S2. The van der Waals surface area contributed by atoms with E-state index in [1.54, 1.807) is 21.6 Å². The van der Waals surface area contributed by atoms with Gasteiger partial charge in [0, 0.05) is 11.5 Å². The van der Waals surface area contributed by atoms with Crippen molar-refractivity contribution in [3.63, 3.8) is 0 Å². The van der Waals surface area contributed by atoms with Gasteiger partial charge in [-0.05, 0) is 0 Å². The van der Waals surface area contributed by atoms with Gasteiger partial charge in [0.15, 0.2) is 8.67 Å². The van der Waals surface area contributed by atoms with E-state index in [0.717, 1.165) is 0 Å². The normalized spacial score (nSPS) is 30.0. The van der Waals surface area contributed by atoms with E-state index in [4.69, 9.17) is 46.4 Å². The molecule has 0 aromatic heterocycles. The van der Waals surface area contributed by atoms with Crippen LogP contribution in [0.5, 0.6) is 0 Å². The highest BCUT2D eigenvalue weighted by atomic mass is 35.5. The molecule has 0 atom stereocenters. The highest BCUT2D eigenvalue weighted by Gasteiger charge is 2.49.